The van der Waals surface area contributed by atoms with Crippen molar-refractivity contribution in [3.63, 3.8) is 0 Å². The van der Waals surface area contributed by atoms with Crippen LogP contribution < -0.4 is 10.6 Å². The van der Waals surface area contributed by atoms with Gasteiger partial charge in [-0.2, -0.15) is 10.1 Å². The van der Waals surface area contributed by atoms with Crippen LogP contribution in [0.5, 0.6) is 0 Å². The molecule has 2 aromatic carbocycles. The molecule has 0 aliphatic carbocycles. The normalized spacial score (nSPS) is 16.1. The smallest absolute Gasteiger partial charge is 0.322 e. The molecule has 3 N–H and O–H groups in total. The molecule has 1 atom stereocenters. The highest BCUT2D eigenvalue weighted by Gasteiger charge is 2.33. The second kappa shape index (κ2) is 11.8. The van der Waals surface area contributed by atoms with Crippen molar-refractivity contribution >= 4 is 28.7 Å². The number of rotatable bonds is 7. The van der Waals surface area contributed by atoms with Gasteiger partial charge in [0.15, 0.2) is 5.82 Å². The van der Waals surface area contributed by atoms with E-state index in [0.29, 0.717) is 57.0 Å². The number of urea groups is 2. The zero-order chi connectivity index (χ0) is 30.0. The number of fused-ring (bicyclic) bond motifs is 2. The number of aromatic nitrogens is 5. The molecule has 2 aliphatic rings. The van der Waals surface area contributed by atoms with Crippen LogP contribution in [0.4, 0.5) is 15.3 Å². The van der Waals surface area contributed by atoms with Gasteiger partial charge in [-0.05, 0) is 66.3 Å². The van der Waals surface area contributed by atoms with Gasteiger partial charge >= 0.3 is 12.1 Å². The Labute approximate surface area is 253 Å². The molecule has 224 valence electrons. The predicted molar refractivity (Wildman–Crippen MR) is 163 cm³/mol. The second-order valence-electron chi connectivity index (χ2n) is 11.5. The Hall–Kier alpha value is -5.26. The fraction of sp³-hybridized carbons (Fsp3) is 0.312. The van der Waals surface area contributed by atoms with Crippen molar-refractivity contribution in [3.8, 4) is 0 Å². The average Bonchev–Trinajstić information content (AvgIpc) is 3.71. The van der Waals surface area contributed by atoms with Gasteiger partial charge < -0.3 is 25.0 Å². The summed E-state index contributed by atoms with van der Waals surface area (Å²) in [4.78, 5) is 38.9. The summed E-state index contributed by atoms with van der Waals surface area (Å²) in [5, 5.41) is 18.6. The molecule has 0 radical (unpaired) electrons. The molecule has 0 saturated carbocycles. The van der Waals surface area contributed by atoms with Crippen LogP contribution in [0.25, 0.3) is 10.9 Å². The van der Waals surface area contributed by atoms with Crippen molar-refractivity contribution in [2.45, 2.75) is 51.2 Å². The first-order chi connectivity index (χ1) is 21.5. The van der Waals surface area contributed by atoms with Crippen LogP contribution in [0.2, 0.25) is 0 Å². The van der Waals surface area contributed by atoms with Crippen molar-refractivity contribution in [1.29, 1.82) is 0 Å². The lowest BCUT2D eigenvalue weighted by Gasteiger charge is -2.40. The number of carbonyl (C=O) groups excluding carboxylic acids is 2. The Morgan fingerprint density at radius 1 is 1.11 bits per heavy atom. The molecule has 12 heteroatoms. The van der Waals surface area contributed by atoms with Crippen LogP contribution in [0.1, 0.15) is 52.9 Å². The monoisotopic (exact) mass is 591 g/mol. The van der Waals surface area contributed by atoms with Gasteiger partial charge in [0.05, 0.1) is 11.7 Å². The minimum Gasteiger partial charge on any atom is -0.337 e. The summed E-state index contributed by atoms with van der Waals surface area (Å²) in [7, 11) is 0. The zero-order valence-electron chi connectivity index (χ0n) is 24.4. The number of H-pyrrole nitrogens is 1. The molecule has 1 unspecified atom stereocenters. The lowest BCUT2D eigenvalue weighted by Crippen LogP contribution is -2.53. The molecular weight excluding hydrogens is 558 g/mol. The molecule has 1 saturated heterocycles. The summed E-state index contributed by atoms with van der Waals surface area (Å²) in [5.74, 6) is 0.889. The van der Waals surface area contributed by atoms with Crippen LogP contribution >= 0.6 is 0 Å². The molecule has 5 aromatic rings. The van der Waals surface area contributed by atoms with Crippen molar-refractivity contribution in [2.24, 2.45) is 0 Å². The molecule has 0 spiro atoms. The fourth-order valence-corrected chi connectivity index (χ4v) is 6.17. The quantitative estimate of drug-likeness (QED) is 0.248. The van der Waals surface area contributed by atoms with E-state index >= 15 is 0 Å². The maximum Gasteiger partial charge on any atom is 0.322 e. The van der Waals surface area contributed by atoms with Gasteiger partial charge in [-0.25, -0.2) is 9.59 Å². The van der Waals surface area contributed by atoms with Gasteiger partial charge in [0.2, 0.25) is 5.89 Å². The molecule has 5 heterocycles. The molecular formula is C32H33N9O3. The Morgan fingerprint density at radius 3 is 2.77 bits per heavy atom. The van der Waals surface area contributed by atoms with Crippen molar-refractivity contribution < 1.29 is 14.1 Å². The molecule has 12 nitrogen and oxygen atoms in total. The maximum absolute atomic E-state index is 13.6. The Bertz CT molecular complexity index is 1790. The molecule has 7 rings (SSSR count). The third kappa shape index (κ3) is 5.70. The van der Waals surface area contributed by atoms with Gasteiger partial charge in [0.1, 0.15) is 6.04 Å². The van der Waals surface area contributed by atoms with E-state index in [1.165, 1.54) is 0 Å². The number of benzene rings is 2. The standard InChI is InChI=1S/C32H33N9O3/c1-20-14-22(15-24-18-34-38-29(20)24)16-27(30-37-28(39-44-30)17-21-6-10-33-11-7-21)36-31(42)40-12-8-25(9-13-40)41-19-23-4-2-3-5-26(23)35-32(41)43/h2-7,10-11,14-15,18,25,27H,8-9,12-13,16-17,19H2,1H3,(H,34,38)(H,35,43)(H,36,42). The summed E-state index contributed by atoms with van der Waals surface area (Å²) in [6.45, 7) is 3.67. The van der Waals surface area contributed by atoms with Gasteiger partial charge in [0.25, 0.3) is 0 Å². The molecule has 44 heavy (non-hydrogen) atoms. The third-order valence-electron chi connectivity index (χ3n) is 8.49. The summed E-state index contributed by atoms with van der Waals surface area (Å²) < 4.78 is 5.72. The van der Waals surface area contributed by atoms with Crippen LogP contribution in [0, 0.1) is 6.92 Å². The number of nitrogens with one attached hydrogen (secondary N) is 3. The number of pyridine rings is 1. The Morgan fingerprint density at radius 2 is 1.93 bits per heavy atom. The van der Waals surface area contributed by atoms with Gasteiger partial charge in [-0.1, -0.05) is 29.4 Å². The summed E-state index contributed by atoms with van der Waals surface area (Å²) in [5.41, 5.74) is 6.05. The molecule has 0 bridgehead atoms. The number of para-hydroxylation sites is 1. The largest absolute Gasteiger partial charge is 0.337 e. The van der Waals surface area contributed by atoms with E-state index in [4.69, 9.17) is 4.52 Å². The van der Waals surface area contributed by atoms with Crippen molar-refractivity contribution in [1.82, 2.24) is 40.4 Å². The van der Waals surface area contributed by atoms with E-state index in [9.17, 15) is 9.59 Å². The number of hydrogen-bond acceptors (Lipinski definition) is 7. The number of anilines is 1. The maximum atomic E-state index is 13.6. The number of aryl methyl sites for hydroxylation is 1. The number of piperidine rings is 1. The van der Waals surface area contributed by atoms with Crippen LogP contribution in [0.3, 0.4) is 0 Å². The minimum absolute atomic E-state index is 0.0551. The number of aromatic amines is 1. The highest BCUT2D eigenvalue weighted by molar-refractivity contribution is 5.92. The number of amides is 4. The summed E-state index contributed by atoms with van der Waals surface area (Å²) in [6.07, 6.45) is 7.61. The topological polar surface area (TPSA) is 145 Å². The number of carbonyl (C=O) groups is 2. The van der Waals surface area contributed by atoms with E-state index in [0.717, 1.165) is 38.8 Å². The van der Waals surface area contributed by atoms with Gasteiger partial charge in [-0.3, -0.25) is 10.1 Å². The number of likely N-dealkylation sites (tertiary alicyclic amines) is 1. The third-order valence-corrected chi connectivity index (χ3v) is 8.49. The first kappa shape index (κ1) is 27.6. The zero-order valence-corrected chi connectivity index (χ0v) is 24.4. The molecule has 2 aliphatic heterocycles. The number of hydrogen-bond donors (Lipinski definition) is 3. The highest BCUT2D eigenvalue weighted by atomic mass is 16.5. The average molecular weight is 592 g/mol. The second-order valence-corrected chi connectivity index (χ2v) is 11.5. The van der Waals surface area contributed by atoms with Crippen molar-refractivity contribution in [3.05, 3.63) is 101 Å². The predicted octanol–water partition coefficient (Wildman–Crippen LogP) is 4.75. The first-order valence-electron chi connectivity index (χ1n) is 14.8. The van der Waals surface area contributed by atoms with Crippen LogP contribution in [-0.4, -0.2) is 66.3 Å². The molecule has 3 aromatic heterocycles. The summed E-state index contributed by atoms with van der Waals surface area (Å²) in [6, 6.07) is 15.1. The highest BCUT2D eigenvalue weighted by Crippen LogP contribution is 2.28. The van der Waals surface area contributed by atoms with Crippen molar-refractivity contribution in [2.75, 3.05) is 18.4 Å². The minimum atomic E-state index is -0.535. The van der Waals surface area contributed by atoms with Crippen LogP contribution in [-0.2, 0) is 19.4 Å². The van der Waals surface area contributed by atoms with E-state index in [-0.39, 0.29) is 18.1 Å². The lowest BCUT2D eigenvalue weighted by atomic mass is 10.0. The van der Waals surface area contributed by atoms with Gasteiger partial charge in [0, 0.05) is 62.0 Å². The van der Waals surface area contributed by atoms with E-state index in [2.05, 4.69) is 48.1 Å². The van der Waals surface area contributed by atoms with Gasteiger partial charge in [-0.15, -0.1) is 0 Å². The fourth-order valence-electron chi connectivity index (χ4n) is 6.17. The van der Waals surface area contributed by atoms with E-state index in [1.54, 1.807) is 23.5 Å². The first-order valence-corrected chi connectivity index (χ1v) is 14.8. The van der Waals surface area contributed by atoms with E-state index < -0.39 is 6.04 Å². The molecule has 4 amide bonds. The Kier molecular flexibility index (Phi) is 7.38. The van der Waals surface area contributed by atoms with E-state index in [1.807, 2.05) is 48.2 Å². The van der Waals surface area contributed by atoms with Crippen LogP contribution in [0.15, 0.2) is 71.6 Å². The molecule has 1 fully saturated rings. The number of nitrogens with zero attached hydrogens (tertiary/aromatic N) is 6. The SMILES string of the molecule is Cc1cc(CC(NC(=O)N2CCC(N3Cc4ccccc4NC3=O)CC2)c2nc(Cc3ccncc3)no2)cc2cn[nH]c12. The summed E-state index contributed by atoms with van der Waals surface area (Å²) >= 11 is 0. The lowest BCUT2D eigenvalue weighted by molar-refractivity contribution is 0.126. The Balaban J connectivity index is 1.05.